The van der Waals surface area contributed by atoms with E-state index in [4.69, 9.17) is 0 Å². The Balaban J connectivity index is 1.85. The van der Waals surface area contributed by atoms with Crippen molar-refractivity contribution in [2.45, 2.75) is 30.4 Å². The Bertz CT molecular complexity index is 1060. The fourth-order valence-electron chi connectivity index (χ4n) is 2.56. The Morgan fingerprint density at radius 2 is 1.77 bits per heavy atom. The number of carbonyl (C=O) groups is 1. The summed E-state index contributed by atoms with van der Waals surface area (Å²) in [5, 5.41) is 1.39. The van der Waals surface area contributed by atoms with Crippen molar-refractivity contribution >= 4 is 23.4 Å². The molecule has 0 radical (unpaired) electrons. The first-order valence-electron chi connectivity index (χ1n) is 8.89. The van der Waals surface area contributed by atoms with E-state index in [1.165, 1.54) is 19.1 Å². The standard InChI is InChI=1S/C21H17F4N3OS/c1-12-8-9-15(22)17(10-12)26-19(29)13(2)30-20-27-16(14-6-4-3-5-7-14)11-18(28-20)21(23,24)25/h3-11,13H,1-2H3,(H,26,29). The van der Waals surface area contributed by atoms with Crippen LogP contribution in [0, 0.1) is 12.7 Å². The summed E-state index contributed by atoms with van der Waals surface area (Å²) in [6.45, 7) is 3.23. The van der Waals surface area contributed by atoms with Crippen LogP contribution in [0.3, 0.4) is 0 Å². The predicted molar refractivity (Wildman–Crippen MR) is 108 cm³/mol. The fraction of sp³-hybridized carbons (Fsp3) is 0.190. The molecule has 0 spiro atoms. The predicted octanol–water partition coefficient (Wildman–Crippen LogP) is 5.73. The smallest absolute Gasteiger partial charge is 0.323 e. The molecule has 0 fully saturated rings. The third-order valence-corrected chi connectivity index (χ3v) is 5.06. The molecule has 0 aliphatic rings. The van der Waals surface area contributed by atoms with Crippen LogP contribution < -0.4 is 5.32 Å². The fourth-order valence-corrected chi connectivity index (χ4v) is 3.35. The summed E-state index contributed by atoms with van der Waals surface area (Å²) in [6.07, 6.45) is -4.67. The Kier molecular flexibility index (Phi) is 6.40. The third kappa shape index (κ3) is 5.35. The van der Waals surface area contributed by atoms with Crippen molar-refractivity contribution in [3.05, 3.63) is 71.7 Å². The number of amides is 1. The summed E-state index contributed by atoms with van der Waals surface area (Å²) in [6, 6.07) is 13.5. The van der Waals surface area contributed by atoms with Crippen molar-refractivity contribution in [3.8, 4) is 11.3 Å². The molecule has 30 heavy (non-hydrogen) atoms. The van der Waals surface area contributed by atoms with E-state index in [1.54, 1.807) is 43.3 Å². The van der Waals surface area contributed by atoms with Crippen molar-refractivity contribution in [2.24, 2.45) is 0 Å². The van der Waals surface area contributed by atoms with Gasteiger partial charge in [0.15, 0.2) is 5.16 Å². The summed E-state index contributed by atoms with van der Waals surface area (Å²) in [7, 11) is 0. The average Bonchev–Trinajstić information content (AvgIpc) is 2.70. The van der Waals surface area contributed by atoms with Crippen LogP contribution in [0.2, 0.25) is 0 Å². The van der Waals surface area contributed by atoms with Crippen molar-refractivity contribution in [1.29, 1.82) is 0 Å². The third-order valence-electron chi connectivity index (χ3n) is 4.10. The molecule has 156 valence electrons. The Labute approximate surface area is 174 Å². The molecule has 1 amide bonds. The van der Waals surface area contributed by atoms with Gasteiger partial charge in [-0.3, -0.25) is 4.79 Å². The van der Waals surface area contributed by atoms with Gasteiger partial charge in [0.05, 0.1) is 16.6 Å². The van der Waals surface area contributed by atoms with Crippen LogP contribution >= 0.6 is 11.8 Å². The highest BCUT2D eigenvalue weighted by Gasteiger charge is 2.34. The highest BCUT2D eigenvalue weighted by atomic mass is 32.2. The largest absolute Gasteiger partial charge is 0.433 e. The minimum Gasteiger partial charge on any atom is -0.323 e. The van der Waals surface area contributed by atoms with E-state index >= 15 is 0 Å². The van der Waals surface area contributed by atoms with Crippen LogP contribution in [0.25, 0.3) is 11.3 Å². The van der Waals surface area contributed by atoms with E-state index in [0.717, 1.165) is 23.4 Å². The maximum absolute atomic E-state index is 13.9. The van der Waals surface area contributed by atoms with Gasteiger partial charge in [0.2, 0.25) is 5.91 Å². The van der Waals surface area contributed by atoms with Gasteiger partial charge >= 0.3 is 6.18 Å². The van der Waals surface area contributed by atoms with Gasteiger partial charge in [-0.05, 0) is 37.6 Å². The Hall–Kier alpha value is -2.94. The van der Waals surface area contributed by atoms with Crippen LogP contribution in [-0.4, -0.2) is 21.1 Å². The van der Waals surface area contributed by atoms with E-state index in [0.29, 0.717) is 5.56 Å². The van der Waals surface area contributed by atoms with Crippen molar-refractivity contribution < 1.29 is 22.4 Å². The second-order valence-corrected chi connectivity index (χ2v) is 7.83. The highest BCUT2D eigenvalue weighted by molar-refractivity contribution is 8.00. The normalized spacial score (nSPS) is 12.5. The molecule has 0 saturated carbocycles. The molecule has 1 unspecified atom stereocenters. The molecule has 3 rings (SSSR count). The van der Waals surface area contributed by atoms with Crippen molar-refractivity contribution in [3.63, 3.8) is 0 Å². The van der Waals surface area contributed by atoms with Gasteiger partial charge < -0.3 is 5.32 Å². The number of aromatic nitrogens is 2. The van der Waals surface area contributed by atoms with Gasteiger partial charge in [-0.2, -0.15) is 13.2 Å². The summed E-state index contributed by atoms with van der Waals surface area (Å²) in [5.41, 5.74) is 0.239. The number of halogens is 4. The number of aryl methyl sites for hydroxylation is 1. The second kappa shape index (κ2) is 8.83. The molecular formula is C21H17F4N3OS. The molecule has 1 atom stereocenters. The van der Waals surface area contributed by atoms with E-state index in [-0.39, 0.29) is 16.5 Å². The van der Waals surface area contributed by atoms with E-state index in [2.05, 4.69) is 15.3 Å². The van der Waals surface area contributed by atoms with Crippen LogP contribution in [0.5, 0.6) is 0 Å². The first-order valence-corrected chi connectivity index (χ1v) is 9.77. The number of nitrogens with one attached hydrogen (secondary N) is 1. The van der Waals surface area contributed by atoms with Crippen LogP contribution in [0.4, 0.5) is 23.2 Å². The number of benzene rings is 2. The zero-order valence-electron chi connectivity index (χ0n) is 16.0. The number of thioether (sulfide) groups is 1. The number of anilines is 1. The first kappa shape index (κ1) is 21.8. The van der Waals surface area contributed by atoms with Crippen molar-refractivity contribution in [1.82, 2.24) is 9.97 Å². The first-order chi connectivity index (χ1) is 14.1. The van der Waals surface area contributed by atoms with Crippen LogP contribution in [-0.2, 0) is 11.0 Å². The lowest BCUT2D eigenvalue weighted by molar-refractivity contribution is -0.141. The van der Waals surface area contributed by atoms with Gasteiger partial charge in [-0.15, -0.1) is 0 Å². The summed E-state index contributed by atoms with van der Waals surface area (Å²) >= 11 is 0.763. The topological polar surface area (TPSA) is 54.9 Å². The molecule has 2 aromatic carbocycles. The summed E-state index contributed by atoms with van der Waals surface area (Å²) in [5.74, 6) is -1.18. The lowest BCUT2D eigenvalue weighted by Gasteiger charge is -2.14. The quantitative estimate of drug-likeness (QED) is 0.316. The minimum absolute atomic E-state index is 0.00221. The zero-order valence-corrected chi connectivity index (χ0v) is 16.8. The maximum Gasteiger partial charge on any atom is 0.433 e. The van der Waals surface area contributed by atoms with Gasteiger partial charge in [0, 0.05) is 5.56 Å². The SMILES string of the molecule is Cc1ccc(F)c(NC(=O)C(C)Sc2nc(-c3ccccc3)cc(C(F)(F)F)n2)c1. The molecule has 0 saturated heterocycles. The molecule has 0 aliphatic heterocycles. The number of hydrogen-bond acceptors (Lipinski definition) is 4. The van der Waals surface area contributed by atoms with Gasteiger partial charge in [-0.1, -0.05) is 48.2 Å². The lowest BCUT2D eigenvalue weighted by atomic mass is 10.1. The Morgan fingerprint density at radius 3 is 2.43 bits per heavy atom. The highest BCUT2D eigenvalue weighted by Crippen LogP contribution is 2.33. The number of alkyl halides is 3. The average molecular weight is 435 g/mol. The molecule has 1 N–H and O–H groups in total. The monoisotopic (exact) mass is 435 g/mol. The van der Waals surface area contributed by atoms with Gasteiger partial charge in [0.1, 0.15) is 11.5 Å². The molecule has 1 heterocycles. The minimum atomic E-state index is -4.67. The molecule has 4 nitrogen and oxygen atoms in total. The number of hydrogen-bond donors (Lipinski definition) is 1. The second-order valence-electron chi connectivity index (χ2n) is 6.52. The number of rotatable bonds is 5. The lowest BCUT2D eigenvalue weighted by Crippen LogP contribution is -2.23. The van der Waals surface area contributed by atoms with Crippen molar-refractivity contribution in [2.75, 3.05) is 5.32 Å². The zero-order chi connectivity index (χ0) is 21.9. The summed E-state index contributed by atoms with van der Waals surface area (Å²) in [4.78, 5) is 20.2. The van der Waals surface area contributed by atoms with E-state index in [1.807, 2.05) is 0 Å². The molecule has 3 aromatic rings. The van der Waals surface area contributed by atoms with Crippen LogP contribution in [0.1, 0.15) is 18.2 Å². The maximum atomic E-state index is 13.9. The van der Waals surface area contributed by atoms with Crippen LogP contribution in [0.15, 0.2) is 59.8 Å². The molecular weight excluding hydrogens is 418 g/mol. The molecule has 1 aromatic heterocycles. The Morgan fingerprint density at radius 1 is 1.07 bits per heavy atom. The summed E-state index contributed by atoms with van der Waals surface area (Å²) < 4.78 is 53.8. The van der Waals surface area contributed by atoms with E-state index < -0.39 is 28.8 Å². The molecule has 0 aliphatic carbocycles. The van der Waals surface area contributed by atoms with Gasteiger partial charge in [0.25, 0.3) is 0 Å². The number of carbonyl (C=O) groups excluding carboxylic acids is 1. The van der Waals surface area contributed by atoms with Gasteiger partial charge in [-0.25, -0.2) is 14.4 Å². The van der Waals surface area contributed by atoms with E-state index in [9.17, 15) is 22.4 Å². The number of nitrogens with zero attached hydrogens (tertiary/aromatic N) is 2. The molecule has 9 heteroatoms. The molecule has 0 bridgehead atoms.